The monoisotopic (exact) mass is 390 g/mol. The molecule has 0 radical (unpaired) electrons. The summed E-state index contributed by atoms with van der Waals surface area (Å²) in [5.41, 5.74) is 5.17. The number of aromatic nitrogens is 3. The summed E-state index contributed by atoms with van der Waals surface area (Å²) >= 11 is 6.07. The minimum Gasteiger partial charge on any atom is -0.328 e. The minimum atomic E-state index is -0.281. The normalized spacial score (nSPS) is 21.1. The van der Waals surface area contributed by atoms with Gasteiger partial charge in [0.15, 0.2) is 5.78 Å². The second kappa shape index (κ2) is 6.60. The number of halogens is 1. The second-order valence-electron chi connectivity index (χ2n) is 7.38. The van der Waals surface area contributed by atoms with Crippen molar-refractivity contribution in [2.24, 2.45) is 0 Å². The van der Waals surface area contributed by atoms with Gasteiger partial charge in [0.25, 0.3) is 0 Å². The number of hydrogen-bond donors (Lipinski definition) is 1. The quantitative estimate of drug-likeness (QED) is 0.691. The predicted molar refractivity (Wildman–Crippen MR) is 108 cm³/mol. The van der Waals surface area contributed by atoms with E-state index in [1.54, 1.807) is 4.68 Å². The van der Waals surface area contributed by atoms with Crippen molar-refractivity contribution in [2.75, 3.05) is 5.32 Å². The lowest BCUT2D eigenvalue weighted by atomic mass is 9.77. The van der Waals surface area contributed by atoms with Crippen molar-refractivity contribution in [1.29, 1.82) is 0 Å². The van der Waals surface area contributed by atoms with Crippen molar-refractivity contribution >= 4 is 23.3 Å². The SMILES string of the molecule is Cc1ccccc1[C@@H]1CC(=O)C2=C(C1)Nc1ncnn1[C@H]2c1ccc(Cl)cc1. The highest BCUT2D eigenvalue weighted by Gasteiger charge is 2.39. The molecule has 0 fully saturated rings. The fourth-order valence-electron chi connectivity index (χ4n) is 4.37. The number of rotatable bonds is 2. The highest BCUT2D eigenvalue weighted by Crippen LogP contribution is 2.44. The number of aryl methyl sites for hydroxylation is 1. The number of allylic oxidation sites excluding steroid dienone is 2. The van der Waals surface area contributed by atoms with Crippen molar-refractivity contribution in [3.05, 3.63) is 87.8 Å². The number of hydrogen-bond acceptors (Lipinski definition) is 4. The molecule has 1 aliphatic heterocycles. The highest BCUT2D eigenvalue weighted by atomic mass is 35.5. The minimum absolute atomic E-state index is 0.156. The van der Waals surface area contributed by atoms with E-state index in [0.29, 0.717) is 17.4 Å². The van der Waals surface area contributed by atoms with Gasteiger partial charge in [-0.05, 0) is 48.1 Å². The van der Waals surface area contributed by atoms with E-state index in [-0.39, 0.29) is 17.7 Å². The summed E-state index contributed by atoms with van der Waals surface area (Å²) in [7, 11) is 0. The molecular weight excluding hydrogens is 372 g/mol. The number of benzene rings is 2. The van der Waals surface area contributed by atoms with Gasteiger partial charge in [0.2, 0.25) is 5.95 Å². The molecule has 5 rings (SSSR count). The van der Waals surface area contributed by atoms with E-state index in [2.05, 4.69) is 34.5 Å². The number of Topliss-reactive ketones (excluding diaryl/α,β-unsaturated/α-hetero) is 1. The fraction of sp³-hybridized carbons (Fsp3) is 0.227. The topological polar surface area (TPSA) is 59.8 Å². The molecule has 2 atom stereocenters. The van der Waals surface area contributed by atoms with Crippen LogP contribution in [-0.4, -0.2) is 20.5 Å². The molecule has 2 heterocycles. The van der Waals surface area contributed by atoms with Crippen LogP contribution in [0, 0.1) is 6.92 Å². The first kappa shape index (κ1) is 17.2. The third kappa shape index (κ3) is 2.74. The summed E-state index contributed by atoms with van der Waals surface area (Å²) in [4.78, 5) is 17.7. The van der Waals surface area contributed by atoms with E-state index in [0.717, 1.165) is 23.3 Å². The number of nitrogens with one attached hydrogen (secondary N) is 1. The van der Waals surface area contributed by atoms with Gasteiger partial charge in [-0.1, -0.05) is 48.0 Å². The van der Waals surface area contributed by atoms with Crippen LogP contribution in [0.15, 0.2) is 66.1 Å². The highest BCUT2D eigenvalue weighted by molar-refractivity contribution is 6.30. The zero-order valence-corrected chi connectivity index (χ0v) is 16.1. The molecule has 1 aliphatic carbocycles. The lowest BCUT2D eigenvalue weighted by Gasteiger charge is -2.35. The maximum absolute atomic E-state index is 13.3. The number of carbonyl (C=O) groups is 1. The van der Waals surface area contributed by atoms with E-state index in [1.807, 2.05) is 36.4 Å². The predicted octanol–water partition coefficient (Wildman–Crippen LogP) is 4.66. The molecule has 28 heavy (non-hydrogen) atoms. The average Bonchev–Trinajstić information content (AvgIpc) is 3.15. The van der Waals surface area contributed by atoms with Crippen LogP contribution < -0.4 is 5.32 Å². The van der Waals surface area contributed by atoms with Crippen LogP contribution in [0.2, 0.25) is 5.02 Å². The van der Waals surface area contributed by atoms with E-state index in [9.17, 15) is 4.79 Å². The Kier molecular flexibility index (Phi) is 4.05. The third-order valence-corrected chi connectivity index (χ3v) is 5.93. The molecule has 0 saturated carbocycles. The van der Waals surface area contributed by atoms with Gasteiger partial charge in [0, 0.05) is 22.7 Å². The Morgan fingerprint density at radius 1 is 1.11 bits per heavy atom. The van der Waals surface area contributed by atoms with Crippen LogP contribution in [0.3, 0.4) is 0 Å². The summed E-state index contributed by atoms with van der Waals surface area (Å²) in [6.07, 6.45) is 2.80. The lowest BCUT2D eigenvalue weighted by Crippen LogP contribution is -2.33. The first-order chi connectivity index (χ1) is 13.6. The average molecular weight is 391 g/mol. The first-order valence-corrected chi connectivity index (χ1v) is 9.73. The van der Waals surface area contributed by atoms with Crippen molar-refractivity contribution in [3.63, 3.8) is 0 Å². The Balaban J connectivity index is 1.61. The van der Waals surface area contributed by atoms with Gasteiger partial charge in [-0.3, -0.25) is 4.79 Å². The summed E-state index contributed by atoms with van der Waals surface area (Å²) < 4.78 is 1.79. The molecule has 140 valence electrons. The van der Waals surface area contributed by atoms with Crippen molar-refractivity contribution in [3.8, 4) is 0 Å². The summed E-state index contributed by atoms with van der Waals surface area (Å²) in [5.74, 6) is 0.986. The Labute approximate surface area is 168 Å². The molecule has 2 aromatic carbocycles. The first-order valence-electron chi connectivity index (χ1n) is 9.35. The van der Waals surface area contributed by atoms with Gasteiger partial charge in [0.1, 0.15) is 12.4 Å². The third-order valence-electron chi connectivity index (χ3n) is 5.68. The molecule has 0 bridgehead atoms. The van der Waals surface area contributed by atoms with E-state index < -0.39 is 0 Å². The standard InChI is InChI=1S/C22H19ClN4O/c1-13-4-2-3-5-17(13)15-10-18-20(19(28)11-15)21(14-6-8-16(23)9-7-14)27-22(26-18)24-12-25-27/h2-9,12,15,21H,10-11H2,1H3,(H,24,25,26)/t15-,21-/m0/s1. The van der Waals surface area contributed by atoms with Gasteiger partial charge in [-0.25, -0.2) is 4.68 Å². The van der Waals surface area contributed by atoms with Crippen molar-refractivity contribution < 1.29 is 4.79 Å². The smallest absolute Gasteiger partial charge is 0.226 e. The molecule has 6 heteroatoms. The molecule has 1 aromatic heterocycles. The molecule has 1 N–H and O–H groups in total. The van der Waals surface area contributed by atoms with Gasteiger partial charge < -0.3 is 5.32 Å². The van der Waals surface area contributed by atoms with Crippen LogP contribution in [0.25, 0.3) is 0 Å². The number of ketones is 1. The Morgan fingerprint density at radius 2 is 1.89 bits per heavy atom. The van der Waals surface area contributed by atoms with Gasteiger partial charge in [-0.2, -0.15) is 10.1 Å². The van der Waals surface area contributed by atoms with Crippen LogP contribution in [0.5, 0.6) is 0 Å². The number of fused-ring (bicyclic) bond motifs is 1. The van der Waals surface area contributed by atoms with Gasteiger partial charge >= 0.3 is 0 Å². The van der Waals surface area contributed by atoms with Gasteiger partial charge in [-0.15, -0.1) is 0 Å². The summed E-state index contributed by atoms with van der Waals surface area (Å²) in [6, 6.07) is 15.6. The van der Waals surface area contributed by atoms with E-state index >= 15 is 0 Å². The van der Waals surface area contributed by atoms with Crippen LogP contribution in [-0.2, 0) is 4.79 Å². The van der Waals surface area contributed by atoms with Crippen LogP contribution >= 0.6 is 11.6 Å². The molecule has 2 aliphatic rings. The summed E-state index contributed by atoms with van der Waals surface area (Å²) in [5, 5.41) is 8.41. The fourth-order valence-corrected chi connectivity index (χ4v) is 4.50. The largest absolute Gasteiger partial charge is 0.328 e. The van der Waals surface area contributed by atoms with Crippen LogP contribution in [0.1, 0.15) is 41.5 Å². The molecule has 5 nitrogen and oxygen atoms in total. The summed E-state index contributed by atoms with van der Waals surface area (Å²) in [6.45, 7) is 2.10. The van der Waals surface area contributed by atoms with E-state index in [1.165, 1.54) is 17.5 Å². The Hall–Kier alpha value is -2.92. The maximum atomic E-state index is 13.3. The maximum Gasteiger partial charge on any atom is 0.226 e. The molecular formula is C22H19ClN4O. The number of carbonyl (C=O) groups excluding carboxylic acids is 1. The molecule has 0 spiro atoms. The van der Waals surface area contributed by atoms with Gasteiger partial charge in [0.05, 0.1) is 0 Å². The lowest BCUT2D eigenvalue weighted by molar-refractivity contribution is -0.116. The number of anilines is 1. The molecule has 0 saturated heterocycles. The molecule has 0 unspecified atom stereocenters. The second-order valence-corrected chi connectivity index (χ2v) is 7.82. The zero-order valence-electron chi connectivity index (χ0n) is 15.4. The Bertz CT molecular complexity index is 1100. The number of nitrogens with zero attached hydrogens (tertiary/aromatic N) is 3. The molecule has 3 aromatic rings. The zero-order chi connectivity index (χ0) is 19.3. The van der Waals surface area contributed by atoms with Crippen LogP contribution in [0.4, 0.5) is 5.95 Å². The molecule has 0 amide bonds. The Morgan fingerprint density at radius 3 is 2.68 bits per heavy atom. The van der Waals surface area contributed by atoms with E-state index in [4.69, 9.17) is 11.6 Å². The van der Waals surface area contributed by atoms with Crippen molar-refractivity contribution in [1.82, 2.24) is 14.8 Å². The van der Waals surface area contributed by atoms with Crippen molar-refractivity contribution in [2.45, 2.75) is 31.7 Å².